The molecule has 0 spiro atoms. The van der Waals surface area contributed by atoms with E-state index in [4.69, 9.17) is 5.73 Å². The molecule has 0 aromatic heterocycles. The first-order chi connectivity index (χ1) is 5.04. The Balaban J connectivity index is 2.83. The maximum absolute atomic E-state index is 5.87. The third-order valence-corrected chi connectivity index (χ3v) is 2.29. The quantitative estimate of drug-likeness (QED) is 0.531. The SMILES string of the molecule is CC1=NC(C)N(C)C(N)N1C. The van der Waals surface area contributed by atoms with Gasteiger partial charge in [-0.25, -0.2) is 0 Å². The van der Waals surface area contributed by atoms with Gasteiger partial charge in [0.15, 0.2) is 0 Å². The summed E-state index contributed by atoms with van der Waals surface area (Å²) in [5, 5.41) is 0. The van der Waals surface area contributed by atoms with Gasteiger partial charge in [-0.05, 0) is 20.9 Å². The Morgan fingerprint density at radius 2 is 2.00 bits per heavy atom. The van der Waals surface area contributed by atoms with E-state index < -0.39 is 0 Å². The molecule has 0 fully saturated rings. The van der Waals surface area contributed by atoms with Gasteiger partial charge >= 0.3 is 0 Å². The fraction of sp³-hybridized carbons (Fsp3) is 0.857. The van der Waals surface area contributed by atoms with E-state index in [0.29, 0.717) is 0 Å². The molecule has 0 radical (unpaired) electrons. The summed E-state index contributed by atoms with van der Waals surface area (Å²) in [7, 11) is 3.92. The van der Waals surface area contributed by atoms with E-state index in [1.807, 2.05) is 37.7 Å². The topological polar surface area (TPSA) is 44.9 Å². The smallest absolute Gasteiger partial charge is 0.136 e. The zero-order chi connectivity index (χ0) is 8.59. The second-order valence-corrected chi connectivity index (χ2v) is 3.00. The van der Waals surface area contributed by atoms with Crippen molar-refractivity contribution in [3.8, 4) is 0 Å². The average Bonchev–Trinajstić information content (AvgIpc) is 1.97. The summed E-state index contributed by atoms with van der Waals surface area (Å²) in [5.41, 5.74) is 5.87. The fourth-order valence-electron chi connectivity index (χ4n) is 1.14. The number of nitrogens with two attached hydrogens (primary N) is 1. The van der Waals surface area contributed by atoms with Gasteiger partial charge in [-0.1, -0.05) is 0 Å². The molecule has 0 amide bonds. The predicted octanol–water partition coefficient (Wildman–Crippen LogP) is -0.130. The van der Waals surface area contributed by atoms with Crippen LogP contribution in [0.15, 0.2) is 4.99 Å². The molecule has 1 heterocycles. The van der Waals surface area contributed by atoms with E-state index in [9.17, 15) is 0 Å². The van der Waals surface area contributed by atoms with Gasteiger partial charge in [0.1, 0.15) is 12.5 Å². The molecule has 0 aliphatic carbocycles. The van der Waals surface area contributed by atoms with Crippen molar-refractivity contribution in [3.63, 3.8) is 0 Å². The van der Waals surface area contributed by atoms with Gasteiger partial charge in [0, 0.05) is 7.05 Å². The average molecular weight is 156 g/mol. The molecule has 0 saturated heterocycles. The molecule has 4 nitrogen and oxygen atoms in total. The van der Waals surface area contributed by atoms with E-state index >= 15 is 0 Å². The zero-order valence-corrected chi connectivity index (χ0v) is 7.57. The van der Waals surface area contributed by atoms with Crippen LogP contribution in [0, 0.1) is 0 Å². The van der Waals surface area contributed by atoms with Crippen LogP contribution < -0.4 is 5.73 Å². The molecule has 0 aromatic carbocycles. The minimum Gasteiger partial charge on any atom is -0.335 e. The molecular weight excluding hydrogens is 140 g/mol. The lowest BCUT2D eigenvalue weighted by atomic mass is 10.4. The maximum atomic E-state index is 5.87. The third kappa shape index (κ3) is 1.36. The molecule has 1 aliphatic rings. The normalized spacial score (nSPS) is 33.9. The molecule has 2 N–H and O–H groups in total. The van der Waals surface area contributed by atoms with Crippen LogP contribution in [0.4, 0.5) is 0 Å². The van der Waals surface area contributed by atoms with Crippen molar-refractivity contribution in [2.45, 2.75) is 26.3 Å². The van der Waals surface area contributed by atoms with Crippen molar-refractivity contribution in [1.29, 1.82) is 0 Å². The summed E-state index contributed by atoms with van der Waals surface area (Å²) >= 11 is 0. The lowest BCUT2D eigenvalue weighted by Gasteiger charge is -2.40. The van der Waals surface area contributed by atoms with Crippen LogP contribution in [0.25, 0.3) is 0 Å². The van der Waals surface area contributed by atoms with E-state index in [1.54, 1.807) is 0 Å². The Hall–Kier alpha value is -0.610. The summed E-state index contributed by atoms with van der Waals surface area (Å²) in [4.78, 5) is 8.36. The largest absolute Gasteiger partial charge is 0.335 e. The Bertz CT molecular complexity index is 177. The summed E-state index contributed by atoms with van der Waals surface area (Å²) in [6.07, 6.45) is 0.156. The first-order valence-corrected chi connectivity index (χ1v) is 3.79. The Morgan fingerprint density at radius 1 is 1.45 bits per heavy atom. The second kappa shape index (κ2) is 2.79. The predicted molar refractivity (Wildman–Crippen MR) is 46.1 cm³/mol. The number of hydrogen-bond donors (Lipinski definition) is 1. The number of rotatable bonds is 0. The fourth-order valence-corrected chi connectivity index (χ4v) is 1.14. The van der Waals surface area contributed by atoms with Crippen LogP contribution in [0.5, 0.6) is 0 Å². The van der Waals surface area contributed by atoms with Crippen molar-refractivity contribution in [2.24, 2.45) is 10.7 Å². The molecule has 64 valence electrons. The molecule has 1 rings (SSSR count). The van der Waals surface area contributed by atoms with Crippen molar-refractivity contribution in [3.05, 3.63) is 0 Å². The zero-order valence-electron chi connectivity index (χ0n) is 7.57. The van der Waals surface area contributed by atoms with Crippen LogP contribution in [0.3, 0.4) is 0 Å². The summed E-state index contributed by atoms with van der Waals surface area (Å²) in [5.74, 6) is 1.00. The van der Waals surface area contributed by atoms with Gasteiger partial charge in [-0.3, -0.25) is 15.6 Å². The van der Waals surface area contributed by atoms with Gasteiger partial charge < -0.3 is 4.90 Å². The van der Waals surface area contributed by atoms with Crippen LogP contribution >= 0.6 is 0 Å². The first kappa shape index (κ1) is 8.49. The first-order valence-electron chi connectivity index (χ1n) is 3.79. The van der Waals surface area contributed by atoms with Crippen LogP contribution in [0.1, 0.15) is 13.8 Å². The Morgan fingerprint density at radius 3 is 2.55 bits per heavy atom. The summed E-state index contributed by atoms with van der Waals surface area (Å²) in [6.45, 7) is 4.01. The molecule has 11 heavy (non-hydrogen) atoms. The van der Waals surface area contributed by atoms with E-state index in [-0.39, 0.29) is 12.5 Å². The third-order valence-electron chi connectivity index (χ3n) is 2.29. The highest BCUT2D eigenvalue weighted by Crippen LogP contribution is 2.10. The molecule has 0 saturated carbocycles. The maximum Gasteiger partial charge on any atom is 0.136 e. The molecule has 2 atom stereocenters. The van der Waals surface area contributed by atoms with E-state index in [1.165, 1.54) is 0 Å². The lowest BCUT2D eigenvalue weighted by molar-refractivity contribution is 0.0869. The van der Waals surface area contributed by atoms with Gasteiger partial charge in [0.2, 0.25) is 0 Å². The van der Waals surface area contributed by atoms with Crippen molar-refractivity contribution >= 4 is 5.84 Å². The Kier molecular flexibility index (Phi) is 2.15. The number of amidine groups is 1. The number of nitrogens with zero attached hydrogens (tertiary/aromatic N) is 3. The molecule has 1 aliphatic heterocycles. The van der Waals surface area contributed by atoms with Gasteiger partial charge in [-0.2, -0.15) is 0 Å². The number of hydrogen-bond acceptors (Lipinski definition) is 4. The highest BCUT2D eigenvalue weighted by atomic mass is 15.5. The molecule has 4 heteroatoms. The van der Waals surface area contributed by atoms with Crippen LogP contribution in [-0.2, 0) is 0 Å². The van der Waals surface area contributed by atoms with E-state index in [2.05, 4.69) is 4.99 Å². The van der Waals surface area contributed by atoms with Crippen molar-refractivity contribution in [1.82, 2.24) is 9.80 Å². The molecule has 0 bridgehead atoms. The minimum absolute atomic E-state index is 0.0394. The van der Waals surface area contributed by atoms with E-state index in [0.717, 1.165) is 5.84 Å². The molecule has 0 aromatic rings. The highest BCUT2D eigenvalue weighted by molar-refractivity contribution is 5.80. The van der Waals surface area contributed by atoms with Crippen molar-refractivity contribution < 1.29 is 0 Å². The highest BCUT2D eigenvalue weighted by Gasteiger charge is 2.24. The van der Waals surface area contributed by atoms with Crippen LogP contribution in [-0.4, -0.2) is 42.2 Å². The van der Waals surface area contributed by atoms with Crippen LogP contribution in [0.2, 0.25) is 0 Å². The lowest BCUT2D eigenvalue weighted by Crippen LogP contribution is -2.58. The summed E-state index contributed by atoms with van der Waals surface area (Å²) < 4.78 is 0. The minimum atomic E-state index is -0.0394. The Labute approximate surface area is 67.7 Å². The molecule has 2 unspecified atom stereocenters. The molecular formula is C7H16N4. The van der Waals surface area contributed by atoms with Gasteiger partial charge in [0.25, 0.3) is 0 Å². The number of aliphatic imine (C=N–C) groups is 1. The van der Waals surface area contributed by atoms with Gasteiger partial charge in [0.05, 0.1) is 5.84 Å². The summed E-state index contributed by atoms with van der Waals surface area (Å²) in [6, 6.07) is 0. The second-order valence-electron chi connectivity index (χ2n) is 3.00. The monoisotopic (exact) mass is 156 g/mol. The standard InChI is InChI=1S/C7H16N4/c1-5-9-6(2)11(4)7(8)10(5)3/h5,7H,8H2,1-4H3. The van der Waals surface area contributed by atoms with Gasteiger partial charge in [-0.15, -0.1) is 0 Å². The van der Waals surface area contributed by atoms with Crippen molar-refractivity contribution in [2.75, 3.05) is 14.1 Å².